The van der Waals surface area contributed by atoms with Gasteiger partial charge in [-0.15, -0.1) is 0 Å². The standard InChI is InChI=1S/C21H23F3N6O3/c22-21(23,24)16-8-4-3-7-15(16)18-12-17(28-30(18)14-5-1-2-6-14)20(33)27-13(11-19(31)32)9-10-26-29-25/h3-4,7-8,12-14,25H,1-2,5-6,9-11H2,(H-,27,31,32,33)/p+1. The van der Waals surface area contributed by atoms with Gasteiger partial charge < -0.3 is 10.4 Å². The Morgan fingerprint density at radius 3 is 2.64 bits per heavy atom. The van der Waals surface area contributed by atoms with Crippen molar-refractivity contribution in [1.82, 2.24) is 20.0 Å². The zero-order valence-electron chi connectivity index (χ0n) is 17.7. The van der Waals surface area contributed by atoms with Crippen molar-refractivity contribution in [3.8, 4) is 11.3 Å². The molecule has 9 nitrogen and oxygen atoms in total. The molecule has 3 rings (SSSR count). The molecule has 1 unspecified atom stereocenters. The quantitative estimate of drug-likeness (QED) is 0.378. The first-order valence-electron chi connectivity index (χ1n) is 10.5. The summed E-state index contributed by atoms with van der Waals surface area (Å²) >= 11 is 0. The molecule has 1 aliphatic rings. The molecule has 0 bridgehead atoms. The summed E-state index contributed by atoms with van der Waals surface area (Å²) in [6, 6.07) is 5.54. The predicted molar refractivity (Wildman–Crippen MR) is 110 cm³/mol. The summed E-state index contributed by atoms with van der Waals surface area (Å²) in [5, 5.41) is 19.5. The number of amides is 1. The number of carboxylic acids is 1. The zero-order chi connectivity index (χ0) is 24.0. The molecule has 3 N–H and O–H groups in total. The fraction of sp³-hybridized carbons (Fsp3) is 0.476. The van der Waals surface area contributed by atoms with Crippen molar-refractivity contribution in [2.75, 3.05) is 6.54 Å². The maximum Gasteiger partial charge on any atom is 0.417 e. The third-order valence-corrected chi connectivity index (χ3v) is 5.55. The number of carboxylic acid groups (broad SMARTS) is 1. The van der Waals surface area contributed by atoms with Gasteiger partial charge in [0.05, 0.1) is 23.7 Å². The van der Waals surface area contributed by atoms with Crippen molar-refractivity contribution in [2.45, 2.75) is 56.8 Å². The van der Waals surface area contributed by atoms with Crippen LogP contribution in [0.5, 0.6) is 0 Å². The minimum Gasteiger partial charge on any atom is -0.481 e. The second kappa shape index (κ2) is 10.4. The molecule has 0 radical (unpaired) electrons. The lowest BCUT2D eigenvalue weighted by Crippen LogP contribution is -2.37. The predicted octanol–water partition coefficient (Wildman–Crippen LogP) is 4.20. The Morgan fingerprint density at radius 2 is 2.00 bits per heavy atom. The summed E-state index contributed by atoms with van der Waals surface area (Å²) in [5.41, 5.74) is 5.89. The van der Waals surface area contributed by atoms with Crippen molar-refractivity contribution < 1.29 is 27.9 Å². The first-order valence-corrected chi connectivity index (χ1v) is 10.5. The van der Waals surface area contributed by atoms with Gasteiger partial charge in [-0.25, -0.2) is 0 Å². The van der Waals surface area contributed by atoms with Crippen LogP contribution in [0, 0.1) is 5.53 Å². The second-order valence-electron chi connectivity index (χ2n) is 7.86. The lowest BCUT2D eigenvalue weighted by Gasteiger charge is -2.17. The maximum atomic E-state index is 13.7. The van der Waals surface area contributed by atoms with Crippen molar-refractivity contribution in [3.63, 3.8) is 0 Å². The number of hydrogen-bond donors (Lipinski definition) is 3. The minimum absolute atomic E-state index is 0.0441. The fourth-order valence-electron chi connectivity index (χ4n) is 4.05. The molecule has 1 fully saturated rings. The molecule has 1 atom stereocenters. The molecule has 0 aliphatic heterocycles. The van der Waals surface area contributed by atoms with Gasteiger partial charge in [0.25, 0.3) is 5.91 Å². The van der Waals surface area contributed by atoms with Gasteiger partial charge in [0.2, 0.25) is 4.91 Å². The highest BCUT2D eigenvalue weighted by molar-refractivity contribution is 5.94. The average Bonchev–Trinajstić information content (AvgIpc) is 3.42. The van der Waals surface area contributed by atoms with Crippen LogP contribution in [0.1, 0.15) is 60.6 Å². The van der Waals surface area contributed by atoms with E-state index in [0.29, 0.717) is 0 Å². The van der Waals surface area contributed by atoms with Crippen LogP contribution in [0.3, 0.4) is 0 Å². The number of benzene rings is 1. The molecular formula is C21H24F3N6O3+. The molecular weight excluding hydrogens is 441 g/mol. The van der Waals surface area contributed by atoms with Crippen LogP contribution in [0.4, 0.5) is 13.2 Å². The highest BCUT2D eigenvalue weighted by Crippen LogP contribution is 2.40. The summed E-state index contributed by atoms with van der Waals surface area (Å²) in [7, 11) is 0. The van der Waals surface area contributed by atoms with Crippen LogP contribution >= 0.6 is 0 Å². The molecule has 1 heterocycles. The number of carbonyl (C=O) groups excluding carboxylic acids is 1. The number of alkyl halides is 3. The average molecular weight is 465 g/mol. The van der Waals surface area contributed by atoms with Crippen LogP contribution in [0.15, 0.2) is 35.4 Å². The number of carbonyl (C=O) groups is 2. The van der Waals surface area contributed by atoms with E-state index in [0.717, 1.165) is 31.7 Å². The van der Waals surface area contributed by atoms with E-state index in [4.69, 9.17) is 10.6 Å². The molecule has 1 amide bonds. The van der Waals surface area contributed by atoms with Crippen LogP contribution in [-0.2, 0) is 11.0 Å². The monoisotopic (exact) mass is 465 g/mol. The third kappa shape index (κ3) is 6.04. The molecule has 1 aromatic heterocycles. The van der Waals surface area contributed by atoms with E-state index in [1.54, 1.807) is 0 Å². The summed E-state index contributed by atoms with van der Waals surface area (Å²) < 4.78 is 42.5. The van der Waals surface area contributed by atoms with E-state index in [1.807, 2.05) is 0 Å². The molecule has 0 saturated heterocycles. The number of nitrogens with zero attached hydrogens (tertiary/aromatic N) is 4. The largest absolute Gasteiger partial charge is 0.481 e. The van der Waals surface area contributed by atoms with Crippen molar-refractivity contribution in [2.24, 2.45) is 5.11 Å². The fourth-order valence-corrected chi connectivity index (χ4v) is 4.05. The van der Waals surface area contributed by atoms with E-state index < -0.39 is 29.7 Å². The number of rotatable bonds is 9. The highest BCUT2D eigenvalue weighted by atomic mass is 19.4. The van der Waals surface area contributed by atoms with E-state index in [-0.39, 0.29) is 42.4 Å². The summed E-state index contributed by atoms with van der Waals surface area (Å²) in [6.07, 6.45) is -1.52. The Labute approximate surface area is 187 Å². The third-order valence-electron chi connectivity index (χ3n) is 5.55. The second-order valence-corrected chi connectivity index (χ2v) is 7.86. The van der Waals surface area contributed by atoms with Gasteiger partial charge in [-0.3, -0.25) is 14.3 Å². The van der Waals surface area contributed by atoms with E-state index in [1.165, 1.54) is 28.9 Å². The molecule has 1 saturated carbocycles. The van der Waals surface area contributed by atoms with Crippen LogP contribution < -0.4 is 10.2 Å². The van der Waals surface area contributed by atoms with Gasteiger partial charge in [0, 0.05) is 11.6 Å². The minimum atomic E-state index is -4.58. The molecule has 12 heteroatoms. The number of hydrogen-bond acceptors (Lipinski definition) is 5. The van der Waals surface area contributed by atoms with Crippen molar-refractivity contribution in [3.05, 3.63) is 41.6 Å². The lowest BCUT2D eigenvalue weighted by molar-refractivity contribution is -0.138. The van der Waals surface area contributed by atoms with Gasteiger partial charge in [-0.1, -0.05) is 31.0 Å². The lowest BCUT2D eigenvalue weighted by atomic mass is 10.0. The zero-order valence-corrected chi connectivity index (χ0v) is 17.7. The van der Waals surface area contributed by atoms with Gasteiger partial charge in [-0.05, 0) is 31.4 Å². The van der Waals surface area contributed by atoms with Gasteiger partial charge in [-0.2, -0.15) is 18.3 Å². The highest BCUT2D eigenvalue weighted by Gasteiger charge is 2.35. The normalized spacial score (nSPS) is 15.1. The van der Waals surface area contributed by atoms with E-state index >= 15 is 0 Å². The van der Waals surface area contributed by atoms with E-state index in [9.17, 15) is 22.8 Å². The number of aromatic nitrogens is 2. The first kappa shape index (κ1) is 24.1. The van der Waals surface area contributed by atoms with Gasteiger partial charge in [0.15, 0.2) is 5.69 Å². The van der Waals surface area contributed by atoms with Gasteiger partial charge >= 0.3 is 12.1 Å². The van der Waals surface area contributed by atoms with Crippen LogP contribution in [0.2, 0.25) is 0 Å². The Bertz CT molecular complexity index is 1060. The maximum absolute atomic E-state index is 13.7. The SMILES string of the molecule is N=[N+]=NCCC(CC(=O)O)NC(=O)c1cc(-c2ccccc2C(F)(F)F)n(C2CCCC2)n1. The Hall–Kier alpha value is -3.53. The molecule has 1 aromatic carbocycles. The van der Waals surface area contributed by atoms with Crippen LogP contribution in [-0.4, -0.2) is 39.4 Å². The molecule has 2 aromatic rings. The van der Waals surface area contributed by atoms with Gasteiger partial charge in [0.1, 0.15) is 17.2 Å². The van der Waals surface area contributed by atoms with Crippen molar-refractivity contribution in [1.29, 1.82) is 5.53 Å². The smallest absolute Gasteiger partial charge is 0.417 e. The van der Waals surface area contributed by atoms with Crippen molar-refractivity contribution >= 4 is 11.9 Å². The first-order chi connectivity index (χ1) is 15.7. The topological polar surface area (TPSA) is 135 Å². The Morgan fingerprint density at radius 1 is 1.30 bits per heavy atom. The number of halogens is 3. The molecule has 33 heavy (non-hydrogen) atoms. The summed E-state index contributed by atoms with van der Waals surface area (Å²) in [5.74, 6) is -1.83. The Balaban J connectivity index is 1.96. The molecule has 176 valence electrons. The number of aliphatic carboxylic acids is 1. The van der Waals surface area contributed by atoms with Crippen LogP contribution in [0.25, 0.3) is 11.3 Å². The summed E-state index contributed by atoms with van der Waals surface area (Å²) in [6.45, 7) is 0.0441. The number of nitrogens with one attached hydrogen (secondary N) is 2. The Kier molecular flexibility index (Phi) is 7.59. The molecule has 0 spiro atoms. The summed E-state index contributed by atoms with van der Waals surface area (Å²) in [4.78, 5) is 26.9. The molecule has 1 aliphatic carbocycles. The van der Waals surface area contributed by atoms with E-state index in [2.05, 4.69) is 20.4 Å².